The SMILES string of the molecule is CC(C)(C(=O)O)c1ccc(C=CC#N)cc1. The van der Waals surface area contributed by atoms with Gasteiger partial charge < -0.3 is 5.11 Å². The molecule has 0 spiro atoms. The van der Waals surface area contributed by atoms with Crippen LogP contribution in [0, 0.1) is 11.3 Å². The number of benzene rings is 1. The number of allylic oxidation sites excluding steroid dienone is 1. The molecule has 0 fully saturated rings. The van der Waals surface area contributed by atoms with Gasteiger partial charge in [-0.05, 0) is 31.1 Å². The second-order valence-electron chi connectivity index (χ2n) is 4.01. The lowest BCUT2D eigenvalue weighted by Gasteiger charge is -2.19. The molecule has 3 heteroatoms. The summed E-state index contributed by atoms with van der Waals surface area (Å²) in [5.41, 5.74) is 0.734. The number of nitrogens with zero attached hydrogens (tertiary/aromatic N) is 1. The van der Waals surface area contributed by atoms with E-state index in [2.05, 4.69) is 0 Å². The van der Waals surface area contributed by atoms with Crippen molar-refractivity contribution in [3.63, 3.8) is 0 Å². The van der Waals surface area contributed by atoms with Gasteiger partial charge >= 0.3 is 5.97 Å². The number of hydrogen-bond acceptors (Lipinski definition) is 2. The molecule has 3 nitrogen and oxygen atoms in total. The summed E-state index contributed by atoms with van der Waals surface area (Å²) < 4.78 is 0. The first-order valence-electron chi connectivity index (χ1n) is 4.88. The van der Waals surface area contributed by atoms with Crippen molar-refractivity contribution >= 4 is 12.0 Å². The summed E-state index contributed by atoms with van der Waals surface area (Å²) in [4.78, 5) is 11.0. The van der Waals surface area contributed by atoms with Crippen molar-refractivity contribution in [3.8, 4) is 6.07 Å². The maximum atomic E-state index is 11.0. The van der Waals surface area contributed by atoms with Gasteiger partial charge in [-0.25, -0.2) is 0 Å². The van der Waals surface area contributed by atoms with Gasteiger partial charge in [0.1, 0.15) is 0 Å². The molecule has 0 saturated heterocycles. The molecule has 0 aromatic heterocycles. The van der Waals surface area contributed by atoms with E-state index < -0.39 is 11.4 Å². The number of rotatable bonds is 3. The third kappa shape index (κ3) is 2.48. The molecule has 1 aromatic rings. The van der Waals surface area contributed by atoms with Crippen LogP contribution in [0.3, 0.4) is 0 Å². The van der Waals surface area contributed by atoms with E-state index in [1.165, 1.54) is 6.08 Å². The summed E-state index contributed by atoms with van der Waals surface area (Å²) in [6.07, 6.45) is 3.06. The number of carboxylic acids is 1. The highest BCUT2D eigenvalue weighted by atomic mass is 16.4. The Balaban J connectivity index is 3.00. The zero-order valence-corrected chi connectivity index (χ0v) is 9.27. The van der Waals surface area contributed by atoms with E-state index in [4.69, 9.17) is 10.4 Å². The molecule has 0 aliphatic heterocycles. The van der Waals surface area contributed by atoms with Crippen molar-refractivity contribution in [3.05, 3.63) is 41.5 Å². The molecule has 0 aliphatic carbocycles. The van der Waals surface area contributed by atoms with E-state index in [1.807, 2.05) is 6.07 Å². The predicted molar refractivity (Wildman–Crippen MR) is 61.8 cm³/mol. The van der Waals surface area contributed by atoms with Gasteiger partial charge in [0.05, 0.1) is 11.5 Å². The normalized spacial score (nSPS) is 11.3. The smallest absolute Gasteiger partial charge is 0.313 e. The molecule has 0 heterocycles. The van der Waals surface area contributed by atoms with Crippen molar-refractivity contribution in [2.45, 2.75) is 19.3 Å². The minimum atomic E-state index is -0.891. The Morgan fingerprint density at radius 3 is 2.38 bits per heavy atom. The fourth-order valence-electron chi connectivity index (χ4n) is 1.27. The molecule has 82 valence electrons. The largest absolute Gasteiger partial charge is 0.481 e. The van der Waals surface area contributed by atoms with Crippen LogP contribution in [0.4, 0.5) is 0 Å². The van der Waals surface area contributed by atoms with Gasteiger partial charge in [0.15, 0.2) is 0 Å². The number of carbonyl (C=O) groups is 1. The van der Waals surface area contributed by atoms with Crippen molar-refractivity contribution in [2.75, 3.05) is 0 Å². The summed E-state index contributed by atoms with van der Waals surface area (Å²) in [7, 11) is 0. The summed E-state index contributed by atoms with van der Waals surface area (Å²) in [5.74, 6) is -0.854. The molecule has 1 N–H and O–H groups in total. The minimum absolute atomic E-state index is 0.745. The maximum Gasteiger partial charge on any atom is 0.313 e. The Hall–Kier alpha value is -2.08. The molecule has 0 atom stereocenters. The average Bonchev–Trinajstić information content (AvgIpc) is 2.26. The molecule has 1 rings (SSSR count). The highest BCUT2D eigenvalue weighted by Gasteiger charge is 2.28. The van der Waals surface area contributed by atoms with E-state index in [1.54, 1.807) is 44.2 Å². The van der Waals surface area contributed by atoms with E-state index in [9.17, 15) is 4.79 Å². The highest BCUT2D eigenvalue weighted by Crippen LogP contribution is 2.23. The Labute approximate surface area is 94.6 Å². The van der Waals surface area contributed by atoms with Crippen LogP contribution < -0.4 is 0 Å². The van der Waals surface area contributed by atoms with Gasteiger partial charge in [-0.1, -0.05) is 24.3 Å². The first kappa shape index (κ1) is 12.0. The van der Waals surface area contributed by atoms with Crippen LogP contribution in [-0.2, 0) is 10.2 Å². The van der Waals surface area contributed by atoms with Crippen molar-refractivity contribution in [1.29, 1.82) is 5.26 Å². The standard InChI is InChI=1S/C13H13NO2/c1-13(2,12(15)16)11-7-5-10(6-8-11)4-3-9-14/h3-8H,1-2H3,(H,15,16). The zero-order chi connectivity index (χ0) is 12.2. The molecular formula is C13H13NO2. The number of hydrogen-bond donors (Lipinski definition) is 1. The second kappa shape index (κ2) is 4.63. The molecule has 1 aromatic carbocycles. The summed E-state index contributed by atoms with van der Waals surface area (Å²) in [5, 5.41) is 17.4. The van der Waals surface area contributed by atoms with Crippen LogP contribution in [0.2, 0.25) is 0 Å². The van der Waals surface area contributed by atoms with Crippen LogP contribution in [0.1, 0.15) is 25.0 Å². The number of aliphatic carboxylic acids is 1. The molecule has 0 saturated carbocycles. The predicted octanol–water partition coefficient (Wildman–Crippen LogP) is 2.59. The molecular weight excluding hydrogens is 202 g/mol. The lowest BCUT2D eigenvalue weighted by molar-refractivity contribution is -0.142. The van der Waals surface area contributed by atoms with Crippen LogP contribution in [0.5, 0.6) is 0 Å². The van der Waals surface area contributed by atoms with E-state index >= 15 is 0 Å². The van der Waals surface area contributed by atoms with Crippen molar-refractivity contribution in [2.24, 2.45) is 0 Å². The summed E-state index contributed by atoms with van der Waals surface area (Å²) in [6, 6.07) is 9.04. The lowest BCUT2D eigenvalue weighted by Crippen LogP contribution is -2.28. The zero-order valence-electron chi connectivity index (χ0n) is 9.27. The summed E-state index contributed by atoms with van der Waals surface area (Å²) in [6.45, 7) is 3.32. The molecule has 0 aliphatic rings. The fourth-order valence-corrected chi connectivity index (χ4v) is 1.27. The highest BCUT2D eigenvalue weighted by molar-refractivity contribution is 5.80. The van der Waals surface area contributed by atoms with E-state index in [-0.39, 0.29) is 0 Å². The topological polar surface area (TPSA) is 61.1 Å². The first-order valence-corrected chi connectivity index (χ1v) is 4.88. The Morgan fingerprint density at radius 1 is 1.38 bits per heavy atom. The van der Waals surface area contributed by atoms with Gasteiger partial charge in [0.2, 0.25) is 0 Å². The van der Waals surface area contributed by atoms with E-state index in [0.717, 1.165) is 11.1 Å². The molecule has 0 bridgehead atoms. The van der Waals surface area contributed by atoms with Gasteiger partial charge in [0.25, 0.3) is 0 Å². The van der Waals surface area contributed by atoms with Crippen LogP contribution in [0.15, 0.2) is 30.3 Å². The molecule has 0 radical (unpaired) electrons. The third-order valence-corrected chi connectivity index (χ3v) is 2.52. The maximum absolute atomic E-state index is 11.0. The van der Waals surface area contributed by atoms with Gasteiger partial charge in [-0.2, -0.15) is 5.26 Å². The fraction of sp³-hybridized carbons (Fsp3) is 0.231. The number of carboxylic acid groups (broad SMARTS) is 1. The number of nitriles is 1. The first-order chi connectivity index (χ1) is 7.48. The Kier molecular flexibility index (Phi) is 3.47. The second-order valence-corrected chi connectivity index (χ2v) is 4.01. The van der Waals surface area contributed by atoms with Crippen LogP contribution >= 0.6 is 0 Å². The molecule has 0 amide bonds. The monoisotopic (exact) mass is 215 g/mol. The Bertz CT molecular complexity index is 450. The van der Waals surface area contributed by atoms with Crippen molar-refractivity contribution in [1.82, 2.24) is 0 Å². The van der Waals surface area contributed by atoms with Crippen LogP contribution in [0.25, 0.3) is 6.08 Å². The van der Waals surface area contributed by atoms with E-state index in [0.29, 0.717) is 0 Å². The summed E-state index contributed by atoms with van der Waals surface area (Å²) >= 11 is 0. The average molecular weight is 215 g/mol. The van der Waals surface area contributed by atoms with Gasteiger partial charge in [0, 0.05) is 6.08 Å². The van der Waals surface area contributed by atoms with Gasteiger partial charge in [-0.15, -0.1) is 0 Å². The lowest BCUT2D eigenvalue weighted by atomic mass is 9.84. The molecule has 0 unspecified atom stereocenters. The van der Waals surface area contributed by atoms with Crippen LogP contribution in [-0.4, -0.2) is 11.1 Å². The quantitative estimate of drug-likeness (QED) is 0.788. The minimum Gasteiger partial charge on any atom is -0.481 e. The Morgan fingerprint density at radius 2 is 1.94 bits per heavy atom. The third-order valence-electron chi connectivity index (χ3n) is 2.52. The van der Waals surface area contributed by atoms with Crippen molar-refractivity contribution < 1.29 is 9.90 Å². The molecule has 16 heavy (non-hydrogen) atoms. The van der Waals surface area contributed by atoms with Gasteiger partial charge in [-0.3, -0.25) is 4.79 Å².